The van der Waals surface area contributed by atoms with Gasteiger partial charge >= 0.3 is 156 Å². The molecule has 3 aliphatic rings. The zero-order valence-electron chi connectivity index (χ0n) is 16.7. The van der Waals surface area contributed by atoms with Gasteiger partial charge in [-0.15, -0.1) is 0 Å². The molecule has 0 N–H and O–H groups in total. The van der Waals surface area contributed by atoms with Crippen LogP contribution in [0.25, 0.3) is 0 Å². The standard InChI is InChI=1S/C11H17Si.C10H15.2ClH.Hf/c1-2-8-12(9-5-10-12)11-6-3-4-7-11;1-7-6-10(4,5)9(3)8(7)2;;;/h3,6H,2,4-5,8-10H2,1H3;1-5H3;2*1H;/q;;;;+2/p-2. The van der Waals surface area contributed by atoms with E-state index in [-0.39, 0.29) is 24.8 Å². The summed E-state index contributed by atoms with van der Waals surface area (Å²) in [6, 6.07) is 4.73. The van der Waals surface area contributed by atoms with Crippen LogP contribution in [0.2, 0.25) is 18.1 Å². The number of rotatable bonds is 5. The molecule has 0 spiro atoms. The third-order valence-electron chi connectivity index (χ3n) is 6.88. The van der Waals surface area contributed by atoms with Crippen molar-refractivity contribution in [1.82, 2.24) is 0 Å². The van der Waals surface area contributed by atoms with E-state index in [2.05, 4.69) is 53.7 Å². The van der Waals surface area contributed by atoms with Gasteiger partial charge in [0.2, 0.25) is 0 Å². The van der Waals surface area contributed by atoms with Gasteiger partial charge in [0, 0.05) is 0 Å². The van der Waals surface area contributed by atoms with E-state index in [0.29, 0.717) is 5.41 Å². The smallest absolute Gasteiger partial charge is 1.00 e. The summed E-state index contributed by atoms with van der Waals surface area (Å²) in [6.45, 7) is 14.5. The van der Waals surface area contributed by atoms with E-state index < -0.39 is 31.0 Å². The maximum Gasteiger partial charge on any atom is -1.00 e. The second-order valence-electron chi connectivity index (χ2n) is 8.38. The van der Waals surface area contributed by atoms with Crippen molar-refractivity contribution in [2.75, 3.05) is 0 Å². The summed E-state index contributed by atoms with van der Waals surface area (Å²) >= 11 is -0.885. The first-order valence-electron chi connectivity index (χ1n) is 9.40. The van der Waals surface area contributed by atoms with Gasteiger partial charge < -0.3 is 24.8 Å². The fourth-order valence-corrected chi connectivity index (χ4v) is 18.7. The van der Waals surface area contributed by atoms with E-state index in [0.717, 1.165) is 0 Å². The second kappa shape index (κ2) is 8.75. The molecule has 0 nitrogen and oxygen atoms in total. The number of hydrogen-bond acceptors (Lipinski definition) is 0. The van der Waals surface area contributed by atoms with E-state index in [1.807, 2.05) is 11.9 Å². The largest absolute Gasteiger partial charge is 1.00 e. The third kappa shape index (κ3) is 3.93. The Bertz CT molecular complexity index is 649. The van der Waals surface area contributed by atoms with E-state index in [4.69, 9.17) is 0 Å². The van der Waals surface area contributed by atoms with Crippen molar-refractivity contribution in [2.45, 2.75) is 78.9 Å². The first-order valence-corrected chi connectivity index (χ1v) is 15.6. The fourth-order valence-electron chi connectivity index (χ4n) is 4.85. The summed E-state index contributed by atoms with van der Waals surface area (Å²) in [5, 5.41) is 1.95. The minimum Gasteiger partial charge on any atom is -1.00 e. The van der Waals surface area contributed by atoms with Crippen molar-refractivity contribution in [3.8, 4) is 0 Å². The molecule has 2 aliphatic carbocycles. The Kier molecular flexibility index (Phi) is 8.29. The molecule has 138 valence electrons. The van der Waals surface area contributed by atoms with Gasteiger partial charge in [-0.1, -0.05) is 0 Å². The Balaban J connectivity index is 0.00000156. The molecule has 0 amide bonds. The van der Waals surface area contributed by atoms with Gasteiger partial charge in [-0.3, -0.25) is 0 Å². The van der Waals surface area contributed by atoms with Crippen LogP contribution in [0.3, 0.4) is 0 Å². The van der Waals surface area contributed by atoms with Gasteiger partial charge in [0.25, 0.3) is 0 Å². The van der Waals surface area contributed by atoms with E-state index >= 15 is 0 Å². The zero-order valence-corrected chi connectivity index (χ0v) is 22.8. The van der Waals surface area contributed by atoms with Crippen LogP contribution in [0.5, 0.6) is 0 Å². The summed E-state index contributed by atoms with van der Waals surface area (Å²) in [5.41, 5.74) is 5.23. The van der Waals surface area contributed by atoms with Crippen molar-refractivity contribution in [3.63, 3.8) is 0 Å². The molecule has 1 aliphatic heterocycles. The first kappa shape index (κ1) is 23.7. The van der Waals surface area contributed by atoms with Crippen LogP contribution in [-0.2, 0) is 22.9 Å². The van der Waals surface area contributed by atoms with Crippen molar-refractivity contribution in [1.29, 1.82) is 0 Å². The monoisotopic (exact) mass is 562 g/mol. The molecule has 0 saturated carbocycles. The SMILES string of the molecule is CCC[Si]1(C2=[C]([Hf+2][C]3=C(C)C(C)=C(C)C3(C)C)CC=C2)CCC1.[Cl-].[Cl-]. The van der Waals surface area contributed by atoms with Crippen molar-refractivity contribution in [3.05, 3.63) is 40.7 Å². The number of hydrogen-bond donors (Lipinski definition) is 0. The van der Waals surface area contributed by atoms with Gasteiger partial charge in [-0.05, 0) is 0 Å². The van der Waals surface area contributed by atoms with Crippen LogP contribution in [0.4, 0.5) is 0 Å². The molecule has 3 rings (SSSR count). The predicted octanol–water partition coefficient (Wildman–Crippen LogP) is 0.743. The minimum atomic E-state index is -1.04. The summed E-state index contributed by atoms with van der Waals surface area (Å²) in [6.07, 6.45) is 9.32. The van der Waals surface area contributed by atoms with Gasteiger partial charge in [-0.25, -0.2) is 0 Å². The fraction of sp³-hybridized carbons (Fsp3) is 0.619. The molecule has 0 bridgehead atoms. The molecule has 0 aromatic rings. The second-order valence-corrected chi connectivity index (χ2v) is 17.8. The number of halogens is 2. The van der Waals surface area contributed by atoms with Crippen LogP contribution in [0.1, 0.15) is 60.8 Å². The topological polar surface area (TPSA) is 0 Å². The average Bonchev–Trinajstić information content (AvgIpc) is 2.98. The molecule has 0 radical (unpaired) electrons. The summed E-state index contributed by atoms with van der Waals surface area (Å²) in [5.74, 6) is 0. The van der Waals surface area contributed by atoms with Gasteiger partial charge in [-0.2, -0.15) is 0 Å². The first-order chi connectivity index (χ1) is 10.8. The minimum absolute atomic E-state index is 0. The van der Waals surface area contributed by atoms with E-state index in [9.17, 15) is 0 Å². The number of allylic oxidation sites excluding steroid dienone is 8. The molecule has 1 heterocycles. The molecule has 25 heavy (non-hydrogen) atoms. The molecule has 0 atom stereocenters. The average molecular weight is 562 g/mol. The van der Waals surface area contributed by atoms with E-state index in [1.54, 1.807) is 34.9 Å². The normalized spacial score (nSPS) is 23.3. The van der Waals surface area contributed by atoms with E-state index in [1.165, 1.54) is 19.3 Å². The van der Waals surface area contributed by atoms with Gasteiger partial charge in [0.05, 0.1) is 0 Å². The Labute approximate surface area is 179 Å². The Hall–Kier alpha value is 0.627. The molecule has 4 heteroatoms. The summed E-state index contributed by atoms with van der Waals surface area (Å²) < 4.78 is 3.87. The van der Waals surface area contributed by atoms with Crippen LogP contribution < -0.4 is 24.8 Å². The van der Waals surface area contributed by atoms with Gasteiger partial charge in [0.1, 0.15) is 0 Å². The van der Waals surface area contributed by atoms with Gasteiger partial charge in [0.15, 0.2) is 0 Å². The summed E-state index contributed by atoms with van der Waals surface area (Å²) in [7, 11) is -1.04. The molecule has 0 aromatic heterocycles. The van der Waals surface area contributed by atoms with Crippen molar-refractivity contribution >= 4 is 8.07 Å². The molecule has 1 fully saturated rings. The zero-order chi connectivity index (χ0) is 16.8. The predicted molar refractivity (Wildman–Crippen MR) is 101 cm³/mol. The Morgan fingerprint density at radius 3 is 2.16 bits per heavy atom. The molecule has 1 saturated heterocycles. The Morgan fingerprint density at radius 2 is 1.72 bits per heavy atom. The van der Waals surface area contributed by atoms with Crippen LogP contribution in [-0.4, -0.2) is 8.07 Å². The molecule has 0 unspecified atom stereocenters. The van der Waals surface area contributed by atoms with Crippen LogP contribution in [0, 0.1) is 5.41 Å². The maximum atomic E-state index is 2.59. The van der Waals surface area contributed by atoms with Crippen molar-refractivity contribution in [2.24, 2.45) is 5.41 Å². The third-order valence-corrected chi connectivity index (χ3v) is 20.7. The summed E-state index contributed by atoms with van der Waals surface area (Å²) in [4.78, 5) is 0. The van der Waals surface area contributed by atoms with Crippen LogP contribution in [0.15, 0.2) is 40.7 Å². The molecule has 0 aromatic carbocycles. The molecular weight excluding hydrogens is 530 g/mol. The molecular formula is C21H32Cl2HfSi. The van der Waals surface area contributed by atoms with Crippen LogP contribution >= 0.6 is 0 Å². The Morgan fingerprint density at radius 1 is 1.08 bits per heavy atom. The maximum absolute atomic E-state index is 2.59. The quantitative estimate of drug-likeness (QED) is 0.435. The van der Waals surface area contributed by atoms with Crippen molar-refractivity contribution < 1.29 is 47.7 Å².